The Morgan fingerprint density at radius 2 is 1.90 bits per heavy atom. The van der Waals surface area contributed by atoms with Gasteiger partial charge in [0.25, 0.3) is 11.1 Å². The minimum absolute atomic E-state index is 0.00493. The molecule has 0 radical (unpaired) electrons. The molecular formula is C22H25N3O3S. The summed E-state index contributed by atoms with van der Waals surface area (Å²) in [6.45, 7) is 4.89. The van der Waals surface area contributed by atoms with Gasteiger partial charge in [0.1, 0.15) is 5.75 Å². The molecule has 2 aromatic carbocycles. The lowest BCUT2D eigenvalue weighted by atomic mass is 10.1. The first-order valence-electron chi connectivity index (χ1n) is 9.50. The summed E-state index contributed by atoms with van der Waals surface area (Å²) in [5, 5.41) is 8.31. The summed E-state index contributed by atoms with van der Waals surface area (Å²) in [5.41, 5.74) is 3.52. The molecule has 0 bridgehead atoms. The number of rotatable bonds is 9. The molecule has 29 heavy (non-hydrogen) atoms. The summed E-state index contributed by atoms with van der Waals surface area (Å²) in [6.07, 6.45) is 1.01. The second kappa shape index (κ2) is 10.1. The molecule has 0 saturated heterocycles. The van der Waals surface area contributed by atoms with Gasteiger partial charge in [0.2, 0.25) is 5.91 Å². The van der Waals surface area contributed by atoms with Crippen LogP contribution in [0, 0.1) is 6.92 Å². The van der Waals surface area contributed by atoms with Crippen LogP contribution in [0.3, 0.4) is 0 Å². The number of amides is 1. The first-order chi connectivity index (χ1) is 14.0. The summed E-state index contributed by atoms with van der Waals surface area (Å²) >= 11 is 1.23. The zero-order valence-electron chi connectivity index (χ0n) is 16.9. The molecule has 0 N–H and O–H groups in total. The van der Waals surface area contributed by atoms with Crippen LogP contribution < -0.4 is 4.74 Å². The Morgan fingerprint density at radius 1 is 1.14 bits per heavy atom. The molecule has 0 spiro atoms. The van der Waals surface area contributed by atoms with Gasteiger partial charge in [-0.1, -0.05) is 55.1 Å². The molecule has 1 heterocycles. The van der Waals surface area contributed by atoms with Gasteiger partial charge in [-0.2, -0.15) is 0 Å². The quantitative estimate of drug-likeness (QED) is 0.490. The van der Waals surface area contributed by atoms with Gasteiger partial charge in [0.15, 0.2) is 6.61 Å². The Kier molecular flexibility index (Phi) is 7.30. The van der Waals surface area contributed by atoms with Crippen molar-refractivity contribution in [3.63, 3.8) is 0 Å². The van der Waals surface area contributed by atoms with Gasteiger partial charge in [-0.05, 0) is 42.2 Å². The molecule has 0 atom stereocenters. The Balaban J connectivity index is 1.44. The maximum Gasteiger partial charge on any atom is 0.277 e. The summed E-state index contributed by atoms with van der Waals surface area (Å²) in [6, 6.07) is 16.1. The van der Waals surface area contributed by atoms with Crippen molar-refractivity contribution in [2.75, 3.05) is 12.8 Å². The lowest BCUT2D eigenvalue weighted by Gasteiger charge is -2.16. The fourth-order valence-corrected chi connectivity index (χ4v) is 3.40. The maximum absolute atomic E-state index is 12.4. The normalized spacial score (nSPS) is 10.7. The van der Waals surface area contributed by atoms with Crippen LogP contribution in [0.25, 0.3) is 0 Å². The minimum Gasteiger partial charge on any atom is -0.484 e. The van der Waals surface area contributed by atoms with E-state index in [0.717, 1.165) is 23.3 Å². The van der Waals surface area contributed by atoms with Gasteiger partial charge >= 0.3 is 0 Å². The van der Waals surface area contributed by atoms with Crippen LogP contribution in [-0.2, 0) is 24.4 Å². The highest BCUT2D eigenvalue weighted by atomic mass is 32.2. The van der Waals surface area contributed by atoms with Crippen LogP contribution in [-0.4, -0.2) is 33.8 Å². The summed E-state index contributed by atoms with van der Waals surface area (Å²) < 4.78 is 11.2. The molecule has 3 rings (SSSR count). The molecule has 0 saturated carbocycles. The highest BCUT2D eigenvalue weighted by Crippen LogP contribution is 2.19. The maximum atomic E-state index is 12.4. The van der Waals surface area contributed by atoms with Crippen LogP contribution in [0.15, 0.2) is 58.2 Å². The number of hydrogen-bond donors (Lipinski definition) is 0. The van der Waals surface area contributed by atoms with Gasteiger partial charge in [-0.25, -0.2) is 0 Å². The molecule has 152 valence electrons. The van der Waals surface area contributed by atoms with Gasteiger partial charge in [0, 0.05) is 13.6 Å². The summed E-state index contributed by atoms with van der Waals surface area (Å²) in [7, 11) is 1.80. The molecule has 3 aromatic rings. The molecule has 6 nitrogen and oxygen atoms in total. The van der Waals surface area contributed by atoms with E-state index in [4.69, 9.17) is 9.15 Å². The van der Waals surface area contributed by atoms with Crippen molar-refractivity contribution in [3.8, 4) is 5.75 Å². The zero-order chi connectivity index (χ0) is 20.6. The lowest BCUT2D eigenvalue weighted by molar-refractivity contribution is -0.127. The first-order valence-corrected chi connectivity index (χ1v) is 10.5. The standard InChI is InChI=1S/C22H25N3O3S/c1-4-17-8-10-18(11-9-17)13-25(3)21(26)15-29-22-24-23-20(28-22)14-27-19-7-5-6-16(2)12-19/h5-12H,4,13-15H2,1-3H3. The Hall–Kier alpha value is -2.80. The van der Waals surface area contributed by atoms with E-state index in [2.05, 4.69) is 41.4 Å². The smallest absolute Gasteiger partial charge is 0.277 e. The number of thioether (sulfide) groups is 1. The minimum atomic E-state index is 0.00493. The Bertz CT molecular complexity index is 940. The number of aromatic nitrogens is 2. The van der Waals surface area contributed by atoms with Crippen molar-refractivity contribution in [2.24, 2.45) is 0 Å². The van der Waals surface area contributed by atoms with Gasteiger partial charge in [0.05, 0.1) is 5.75 Å². The highest BCUT2D eigenvalue weighted by Gasteiger charge is 2.14. The number of nitrogens with zero attached hydrogens (tertiary/aromatic N) is 3. The molecule has 0 aliphatic carbocycles. The Labute approximate surface area is 175 Å². The van der Waals surface area contributed by atoms with E-state index in [9.17, 15) is 4.79 Å². The van der Waals surface area contributed by atoms with Crippen LogP contribution in [0.2, 0.25) is 0 Å². The largest absolute Gasteiger partial charge is 0.484 e. The van der Waals surface area contributed by atoms with Crippen LogP contribution in [0.4, 0.5) is 0 Å². The van der Waals surface area contributed by atoms with E-state index >= 15 is 0 Å². The van der Waals surface area contributed by atoms with E-state index in [1.807, 2.05) is 31.2 Å². The number of carbonyl (C=O) groups excluding carboxylic acids is 1. The van der Waals surface area contributed by atoms with Crippen LogP contribution in [0.5, 0.6) is 5.75 Å². The van der Waals surface area contributed by atoms with Crippen LogP contribution in [0.1, 0.15) is 29.5 Å². The van der Waals surface area contributed by atoms with Crippen molar-refractivity contribution in [2.45, 2.75) is 38.6 Å². The van der Waals surface area contributed by atoms with Gasteiger partial charge in [-0.15, -0.1) is 10.2 Å². The monoisotopic (exact) mass is 411 g/mol. The van der Waals surface area contributed by atoms with Gasteiger partial charge in [-0.3, -0.25) is 4.79 Å². The Morgan fingerprint density at radius 3 is 2.62 bits per heavy atom. The number of aryl methyl sites for hydroxylation is 2. The average Bonchev–Trinajstić information content (AvgIpc) is 3.19. The number of ether oxygens (including phenoxy) is 1. The van der Waals surface area contributed by atoms with Gasteiger partial charge < -0.3 is 14.1 Å². The third-order valence-electron chi connectivity index (χ3n) is 4.40. The van der Waals surface area contributed by atoms with E-state index < -0.39 is 0 Å². The molecule has 0 unspecified atom stereocenters. The first kappa shape index (κ1) is 20.9. The molecule has 1 aromatic heterocycles. The van der Waals surface area contributed by atoms with Crippen molar-refractivity contribution in [1.29, 1.82) is 0 Å². The van der Waals surface area contributed by atoms with E-state index in [1.54, 1.807) is 11.9 Å². The third kappa shape index (κ3) is 6.35. The summed E-state index contributed by atoms with van der Waals surface area (Å²) in [5.74, 6) is 1.38. The zero-order valence-corrected chi connectivity index (χ0v) is 17.7. The third-order valence-corrected chi connectivity index (χ3v) is 5.20. The second-order valence-corrected chi connectivity index (χ2v) is 7.70. The topological polar surface area (TPSA) is 68.5 Å². The second-order valence-electron chi connectivity index (χ2n) is 6.78. The van der Waals surface area contributed by atoms with E-state index in [-0.39, 0.29) is 18.3 Å². The predicted molar refractivity (Wildman–Crippen MR) is 113 cm³/mol. The lowest BCUT2D eigenvalue weighted by Crippen LogP contribution is -2.27. The highest BCUT2D eigenvalue weighted by molar-refractivity contribution is 7.99. The molecule has 0 fully saturated rings. The summed E-state index contributed by atoms with van der Waals surface area (Å²) in [4.78, 5) is 14.1. The number of benzene rings is 2. The predicted octanol–water partition coefficient (Wildman–Crippen LogP) is 4.27. The van der Waals surface area contributed by atoms with Crippen molar-refractivity contribution < 1.29 is 13.9 Å². The number of carbonyl (C=O) groups is 1. The average molecular weight is 412 g/mol. The van der Waals surface area contributed by atoms with Crippen molar-refractivity contribution in [1.82, 2.24) is 15.1 Å². The SMILES string of the molecule is CCc1ccc(CN(C)C(=O)CSc2nnc(COc3cccc(C)c3)o2)cc1. The fourth-order valence-electron chi connectivity index (χ4n) is 2.68. The van der Waals surface area contributed by atoms with Crippen molar-refractivity contribution >= 4 is 17.7 Å². The van der Waals surface area contributed by atoms with Crippen LogP contribution >= 0.6 is 11.8 Å². The number of hydrogen-bond acceptors (Lipinski definition) is 6. The van der Waals surface area contributed by atoms with E-state index in [1.165, 1.54) is 17.3 Å². The van der Waals surface area contributed by atoms with Crippen molar-refractivity contribution in [3.05, 3.63) is 71.1 Å². The molecule has 1 amide bonds. The fraction of sp³-hybridized carbons (Fsp3) is 0.318. The molecule has 0 aliphatic rings. The molecule has 0 aliphatic heterocycles. The molecular weight excluding hydrogens is 386 g/mol. The molecule has 7 heteroatoms. The van der Waals surface area contributed by atoms with E-state index in [0.29, 0.717) is 17.7 Å².